The molecule has 1 heterocycles. The van der Waals surface area contributed by atoms with Gasteiger partial charge in [0.05, 0.1) is 17.7 Å². The molecule has 122 valence electrons. The molecule has 0 saturated carbocycles. The second-order valence-electron chi connectivity index (χ2n) is 5.08. The number of carbonyl (C=O) groups excluding carboxylic acids is 2. The van der Waals surface area contributed by atoms with E-state index in [9.17, 15) is 9.59 Å². The molecule has 0 atom stereocenters. The first-order valence-electron chi connectivity index (χ1n) is 7.09. The second-order valence-corrected chi connectivity index (χ2v) is 5.49. The quantitative estimate of drug-likeness (QED) is 0.520. The molecule has 2 aromatic carbocycles. The molecule has 0 radical (unpaired) electrons. The Morgan fingerprint density at radius 1 is 1.04 bits per heavy atom. The van der Waals surface area contributed by atoms with Crippen LogP contribution in [-0.4, -0.2) is 19.0 Å². The van der Waals surface area contributed by atoms with Crippen molar-refractivity contribution in [3.05, 3.63) is 64.4 Å². The van der Waals surface area contributed by atoms with Gasteiger partial charge in [0.1, 0.15) is 5.75 Å². The van der Waals surface area contributed by atoms with Crippen LogP contribution in [0.1, 0.15) is 26.5 Å². The smallest absolute Gasteiger partial charge is 0.379 e. The zero-order valence-corrected chi connectivity index (χ0v) is 13.7. The number of benzene rings is 2. The number of esters is 2. The lowest BCUT2D eigenvalue weighted by molar-refractivity contribution is 0.0600. The number of hydrogen-bond acceptors (Lipinski definition) is 5. The first-order chi connectivity index (χ1) is 11.5. The zero-order valence-electron chi connectivity index (χ0n) is 13.0. The van der Waals surface area contributed by atoms with E-state index in [0.29, 0.717) is 27.5 Å². The molecule has 0 aliphatic heterocycles. The topological polar surface area (TPSA) is 65.7 Å². The second kappa shape index (κ2) is 6.37. The predicted molar refractivity (Wildman–Crippen MR) is 88.7 cm³/mol. The van der Waals surface area contributed by atoms with Crippen LogP contribution >= 0.6 is 11.6 Å². The van der Waals surface area contributed by atoms with E-state index in [1.54, 1.807) is 19.1 Å². The van der Waals surface area contributed by atoms with Gasteiger partial charge < -0.3 is 13.9 Å². The average Bonchev–Trinajstić information content (AvgIpc) is 2.93. The summed E-state index contributed by atoms with van der Waals surface area (Å²) in [5.74, 6) is -0.713. The molecule has 0 bridgehead atoms. The lowest BCUT2D eigenvalue weighted by Gasteiger charge is -2.04. The molecule has 0 unspecified atom stereocenters. The van der Waals surface area contributed by atoms with Crippen LogP contribution in [0, 0.1) is 6.92 Å². The maximum Gasteiger partial charge on any atom is 0.379 e. The minimum absolute atomic E-state index is 0.0927. The molecule has 0 N–H and O–H groups in total. The number of aryl methyl sites for hydroxylation is 1. The van der Waals surface area contributed by atoms with Crippen LogP contribution in [0.15, 0.2) is 46.9 Å². The molecule has 3 rings (SSSR count). The number of furan rings is 1. The first kappa shape index (κ1) is 16.1. The molecule has 1 aromatic heterocycles. The van der Waals surface area contributed by atoms with Crippen molar-refractivity contribution in [2.24, 2.45) is 0 Å². The summed E-state index contributed by atoms with van der Waals surface area (Å²) in [7, 11) is 1.30. The summed E-state index contributed by atoms with van der Waals surface area (Å²) in [4.78, 5) is 23.7. The van der Waals surface area contributed by atoms with Crippen molar-refractivity contribution in [3.63, 3.8) is 0 Å². The summed E-state index contributed by atoms with van der Waals surface area (Å²) < 4.78 is 15.5. The van der Waals surface area contributed by atoms with Crippen molar-refractivity contribution in [2.75, 3.05) is 7.11 Å². The van der Waals surface area contributed by atoms with Gasteiger partial charge in [-0.05, 0) is 37.3 Å². The minimum atomic E-state index is -0.634. The Labute approximate surface area is 142 Å². The summed E-state index contributed by atoms with van der Waals surface area (Å²) in [6, 6.07) is 11.3. The van der Waals surface area contributed by atoms with E-state index in [1.807, 2.05) is 6.07 Å². The summed E-state index contributed by atoms with van der Waals surface area (Å²) in [6.45, 7) is 1.76. The van der Waals surface area contributed by atoms with Crippen LogP contribution in [0.25, 0.3) is 11.0 Å². The van der Waals surface area contributed by atoms with E-state index in [-0.39, 0.29) is 5.76 Å². The van der Waals surface area contributed by atoms with Crippen molar-refractivity contribution < 1.29 is 23.5 Å². The average molecular weight is 345 g/mol. The Morgan fingerprint density at radius 2 is 1.75 bits per heavy atom. The van der Waals surface area contributed by atoms with Gasteiger partial charge in [0.25, 0.3) is 0 Å². The molecule has 0 amide bonds. The molecular formula is C18H13ClO5. The third-order valence-corrected chi connectivity index (χ3v) is 3.88. The van der Waals surface area contributed by atoms with Gasteiger partial charge in [0.2, 0.25) is 5.76 Å². The number of rotatable bonds is 3. The fourth-order valence-corrected chi connectivity index (χ4v) is 2.55. The van der Waals surface area contributed by atoms with Crippen LogP contribution in [0.2, 0.25) is 5.02 Å². The Morgan fingerprint density at radius 3 is 2.38 bits per heavy atom. The SMILES string of the molecule is COC(=O)c1ccc(OC(=O)c2oc3c(Cl)cccc3c2C)cc1. The van der Waals surface area contributed by atoms with Crippen LogP contribution in [-0.2, 0) is 4.74 Å². The van der Waals surface area contributed by atoms with Gasteiger partial charge in [0.15, 0.2) is 5.58 Å². The molecule has 3 aromatic rings. The lowest BCUT2D eigenvalue weighted by Crippen LogP contribution is -2.09. The highest BCUT2D eigenvalue weighted by atomic mass is 35.5. The molecule has 5 nitrogen and oxygen atoms in total. The van der Waals surface area contributed by atoms with E-state index >= 15 is 0 Å². The van der Waals surface area contributed by atoms with E-state index < -0.39 is 11.9 Å². The zero-order chi connectivity index (χ0) is 17.3. The maximum absolute atomic E-state index is 12.3. The van der Waals surface area contributed by atoms with Gasteiger partial charge in [-0.25, -0.2) is 9.59 Å². The molecular weight excluding hydrogens is 332 g/mol. The normalized spacial score (nSPS) is 10.6. The molecule has 24 heavy (non-hydrogen) atoms. The highest BCUT2D eigenvalue weighted by molar-refractivity contribution is 6.35. The van der Waals surface area contributed by atoms with Gasteiger partial charge in [-0.15, -0.1) is 0 Å². The van der Waals surface area contributed by atoms with E-state index in [0.717, 1.165) is 5.39 Å². The predicted octanol–water partition coefficient (Wildman–Crippen LogP) is 4.40. The van der Waals surface area contributed by atoms with Crippen molar-refractivity contribution >= 4 is 34.5 Å². The lowest BCUT2D eigenvalue weighted by atomic mass is 10.1. The summed E-state index contributed by atoms with van der Waals surface area (Å²) >= 11 is 6.08. The highest BCUT2D eigenvalue weighted by Gasteiger charge is 2.21. The van der Waals surface area contributed by atoms with Gasteiger partial charge >= 0.3 is 11.9 Å². The van der Waals surface area contributed by atoms with Crippen molar-refractivity contribution in [1.29, 1.82) is 0 Å². The van der Waals surface area contributed by atoms with Crippen LogP contribution in [0.4, 0.5) is 0 Å². The Bertz CT molecular complexity index is 924. The van der Waals surface area contributed by atoms with Gasteiger partial charge in [0, 0.05) is 10.9 Å². The van der Waals surface area contributed by atoms with Crippen molar-refractivity contribution in [2.45, 2.75) is 6.92 Å². The minimum Gasteiger partial charge on any atom is -0.465 e. The summed E-state index contributed by atoms with van der Waals surface area (Å²) in [5, 5.41) is 1.19. The van der Waals surface area contributed by atoms with Crippen molar-refractivity contribution in [3.8, 4) is 5.75 Å². The highest BCUT2D eigenvalue weighted by Crippen LogP contribution is 2.31. The number of carbonyl (C=O) groups is 2. The van der Waals surface area contributed by atoms with Crippen LogP contribution in [0.5, 0.6) is 5.75 Å². The fraction of sp³-hybridized carbons (Fsp3) is 0.111. The number of methoxy groups -OCH3 is 1. The number of halogens is 1. The standard InChI is InChI=1S/C18H13ClO5/c1-10-13-4-3-5-14(19)16(13)24-15(10)18(21)23-12-8-6-11(7-9-12)17(20)22-2/h3-9H,1-2H3. The molecule has 0 spiro atoms. The third kappa shape index (κ3) is 2.86. The van der Waals surface area contributed by atoms with Crippen LogP contribution in [0.3, 0.4) is 0 Å². The Balaban J connectivity index is 1.86. The van der Waals surface area contributed by atoms with Crippen molar-refractivity contribution in [1.82, 2.24) is 0 Å². The monoisotopic (exact) mass is 344 g/mol. The van der Waals surface area contributed by atoms with E-state index in [4.69, 9.17) is 20.8 Å². The molecule has 0 saturated heterocycles. The maximum atomic E-state index is 12.3. The van der Waals surface area contributed by atoms with Gasteiger partial charge in [-0.2, -0.15) is 0 Å². The van der Waals surface area contributed by atoms with Gasteiger partial charge in [-0.1, -0.05) is 23.7 Å². The molecule has 6 heteroatoms. The molecule has 0 aliphatic rings. The Kier molecular flexibility index (Phi) is 4.27. The van der Waals surface area contributed by atoms with E-state index in [2.05, 4.69) is 4.74 Å². The molecule has 0 aliphatic carbocycles. The Hall–Kier alpha value is -2.79. The number of hydrogen-bond donors (Lipinski definition) is 0. The van der Waals surface area contributed by atoms with E-state index in [1.165, 1.54) is 31.4 Å². The number of fused-ring (bicyclic) bond motifs is 1. The third-order valence-electron chi connectivity index (χ3n) is 3.59. The van der Waals surface area contributed by atoms with Gasteiger partial charge in [-0.3, -0.25) is 0 Å². The summed E-state index contributed by atoms with van der Waals surface area (Å²) in [6.07, 6.45) is 0. The summed E-state index contributed by atoms with van der Waals surface area (Å²) in [5.41, 5.74) is 1.47. The number of ether oxygens (including phenoxy) is 2. The number of para-hydroxylation sites is 1. The molecule has 0 fully saturated rings. The first-order valence-corrected chi connectivity index (χ1v) is 7.47. The fourth-order valence-electron chi connectivity index (χ4n) is 2.33. The largest absolute Gasteiger partial charge is 0.465 e. The van der Waals surface area contributed by atoms with Crippen LogP contribution < -0.4 is 4.74 Å².